The van der Waals surface area contributed by atoms with Crippen molar-refractivity contribution in [2.24, 2.45) is 0 Å². The van der Waals surface area contributed by atoms with Crippen LogP contribution in [0.4, 0.5) is 0 Å². The summed E-state index contributed by atoms with van der Waals surface area (Å²) in [6, 6.07) is 6.52. The summed E-state index contributed by atoms with van der Waals surface area (Å²) in [7, 11) is 0. The van der Waals surface area contributed by atoms with Gasteiger partial charge in [0.05, 0.1) is 0 Å². The van der Waals surface area contributed by atoms with Crippen molar-refractivity contribution in [2.75, 3.05) is 0 Å². The first-order valence-electron chi connectivity index (χ1n) is 7.81. The molecule has 1 aromatic carbocycles. The number of benzene rings is 1. The fourth-order valence-corrected chi connectivity index (χ4v) is 3.93. The SMILES string of the molecule is CC1(C)CCC(C)(C)c2cc3c(cc21)oc1c(Cl)nccc13. The molecule has 2 heterocycles. The summed E-state index contributed by atoms with van der Waals surface area (Å²) in [5.41, 5.74) is 4.82. The van der Waals surface area contributed by atoms with Gasteiger partial charge in [0, 0.05) is 17.0 Å². The van der Waals surface area contributed by atoms with Crippen LogP contribution >= 0.6 is 11.6 Å². The molecule has 0 radical (unpaired) electrons. The molecular formula is C19H20ClNO. The van der Waals surface area contributed by atoms with Gasteiger partial charge in [-0.05, 0) is 53.0 Å². The number of hydrogen-bond acceptors (Lipinski definition) is 2. The average molecular weight is 314 g/mol. The zero-order valence-electron chi connectivity index (χ0n) is 13.5. The van der Waals surface area contributed by atoms with Gasteiger partial charge in [-0.3, -0.25) is 0 Å². The Labute approximate surface area is 135 Å². The predicted molar refractivity (Wildman–Crippen MR) is 91.8 cm³/mol. The van der Waals surface area contributed by atoms with Gasteiger partial charge in [0.25, 0.3) is 0 Å². The number of furan rings is 1. The third kappa shape index (κ3) is 1.83. The van der Waals surface area contributed by atoms with Crippen molar-refractivity contribution in [3.05, 3.63) is 40.7 Å². The Morgan fingerprint density at radius 1 is 1.00 bits per heavy atom. The molecule has 3 aromatic rings. The lowest BCUT2D eigenvalue weighted by atomic mass is 9.63. The van der Waals surface area contributed by atoms with Gasteiger partial charge in [-0.15, -0.1) is 0 Å². The first-order chi connectivity index (χ1) is 10.3. The molecule has 0 fully saturated rings. The third-order valence-corrected chi connectivity index (χ3v) is 5.59. The van der Waals surface area contributed by atoms with Gasteiger partial charge in [-0.1, -0.05) is 39.3 Å². The van der Waals surface area contributed by atoms with Gasteiger partial charge in [0.15, 0.2) is 10.7 Å². The predicted octanol–water partition coefficient (Wildman–Crippen LogP) is 5.98. The lowest BCUT2D eigenvalue weighted by Gasteiger charge is -2.41. The molecule has 2 nitrogen and oxygen atoms in total. The van der Waals surface area contributed by atoms with Crippen molar-refractivity contribution < 1.29 is 4.42 Å². The maximum Gasteiger partial charge on any atom is 0.172 e. The van der Waals surface area contributed by atoms with Crippen LogP contribution in [0.5, 0.6) is 0 Å². The number of rotatable bonds is 0. The summed E-state index contributed by atoms with van der Waals surface area (Å²) < 4.78 is 6.02. The fraction of sp³-hybridized carbons (Fsp3) is 0.421. The van der Waals surface area contributed by atoms with E-state index in [0.717, 1.165) is 16.4 Å². The fourth-order valence-electron chi connectivity index (χ4n) is 3.73. The Bertz CT molecular complexity index is 905. The van der Waals surface area contributed by atoms with E-state index in [1.807, 2.05) is 6.07 Å². The average Bonchev–Trinajstić information content (AvgIpc) is 2.83. The molecule has 1 aliphatic rings. The Morgan fingerprint density at radius 2 is 1.64 bits per heavy atom. The molecule has 0 saturated heterocycles. The topological polar surface area (TPSA) is 26.0 Å². The smallest absolute Gasteiger partial charge is 0.172 e. The van der Waals surface area contributed by atoms with Crippen LogP contribution in [0.15, 0.2) is 28.8 Å². The zero-order chi connectivity index (χ0) is 15.7. The molecule has 0 unspecified atom stereocenters. The van der Waals surface area contributed by atoms with E-state index in [4.69, 9.17) is 16.0 Å². The van der Waals surface area contributed by atoms with Crippen molar-refractivity contribution in [3.63, 3.8) is 0 Å². The van der Waals surface area contributed by atoms with Crippen molar-refractivity contribution in [2.45, 2.75) is 51.4 Å². The molecule has 0 bridgehead atoms. The summed E-state index contributed by atoms with van der Waals surface area (Å²) in [6.45, 7) is 9.32. The van der Waals surface area contributed by atoms with E-state index in [0.29, 0.717) is 10.7 Å². The van der Waals surface area contributed by atoms with Crippen molar-refractivity contribution in [1.82, 2.24) is 4.98 Å². The Balaban J connectivity index is 2.14. The lowest BCUT2D eigenvalue weighted by molar-refractivity contribution is 0.332. The summed E-state index contributed by atoms with van der Waals surface area (Å²) >= 11 is 6.20. The molecule has 1 aliphatic carbocycles. The maximum atomic E-state index is 6.20. The maximum absolute atomic E-state index is 6.20. The monoisotopic (exact) mass is 313 g/mol. The molecule has 0 aliphatic heterocycles. The summed E-state index contributed by atoms with van der Waals surface area (Å²) in [4.78, 5) is 4.13. The van der Waals surface area contributed by atoms with Crippen LogP contribution in [0.25, 0.3) is 21.9 Å². The second-order valence-electron chi connectivity index (χ2n) is 7.74. The molecule has 0 saturated carbocycles. The molecule has 0 atom stereocenters. The summed E-state index contributed by atoms with van der Waals surface area (Å²) in [5.74, 6) is 0. The molecule has 22 heavy (non-hydrogen) atoms. The van der Waals surface area contributed by atoms with Crippen LogP contribution in [0.1, 0.15) is 51.7 Å². The number of aromatic nitrogens is 1. The van der Waals surface area contributed by atoms with Crippen LogP contribution in [0.3, 0.4) is 0 Å². The number of halogens is 1. The van der Waals surface area contributed by atoms with Crippen LogP contribution in [-0.4, -0.2) is 4.98 Å². The van der Waals surface area contributed by atoms with E-state index >= 15 is 0 Å². The van der Waals surface area contributed by atoms with E-state index in [1.54, 1.807) is 6.20 Å². The minimum Gasteiger partial charge on any atom is -0.453 e. The summed E-state index contributed by atoms with van der Waals surface area (Å²) in [5, 5.41) is 2.63. The van der Waals surface area contributed by atoms with E-state index in [2.05, 4.69) is 44.8 Å². The minimum absolute atomic E-state index is 0.181. The molecule has 0 spiro atoms. The second kappa shape index (κ2) is 4.26. The molecule has 2 aromatic heterocycles. The largest absolute Gasteiger partial charge is 0.453 e. The minimum atomic E-state index is 0.181. The quantitative estimate of drug-likeness (QED) is 0.477. The lowest BCUT2D eigenvalue weighted by Crippen LogP contribution is -2.33. The Kier molecular flexibility index (Phi) is 2.73. The standard InChI is InChI=1S/C19H20ClNO/c1-18(2)6-7-19(3,4)14-10-15-12(9-13(14)18)11-5-8-21-17(20)16(11)22-15/h5,8-10H,6-7H2,1-4H3. The van der Waals surface area contributed by atoms with E-state index in [-0.39, 0.29) is 10.8 Å². The van der Waals surface area contributed by atoms with Crippen molar-refractivity contribution in [3.8, 4) is 0 Å². The van der Waals surface area contributed by atoms with Gasteiger partial charge in [0.2, 0.25) is 0 Å². The van der Waals surface area contributed by atoms with Gasteiger partial charge in [-0.25, -0.2) is 4.98 Å². The molecular weight excluding hydrogens is 294 g/mol. The third-order valence-electron chi connectivity index (χ3n) is 5.32. The molecule has 0 amide bonds. The highest BCUT2D eigenvalue weighted by Gasteiger charge is 2.37. The van der Waals surface area contributed by atoms with Crippen LogP contribution in [0, 0.1) is 0 Å². The Morgan fingerprint density at radius 3 is 2.32 bits per heavy atom. The van der Waals surface area contributed by atoms with Crippen LogP contribution < -0.4 is 0 Å². The first kappa shape index (κ1) is 14.1. The highest BCUT2D eigenvalue weighted by Crippen LogP contribution is 2.48. The Hall–Kier alpha value is -1.54. The molecule has 4 rings (SSSR count). The van der Waals surface area contributed by atoms with E-state index < -0.39 is 0 Å². The van der Waals surface area contributed by atoms with Crippen LogP contribution in [-0.2, 0) is 10.8 Å². The van der Waals surface area contributed by atoms with Crippen molar-refractivity contribution >= 4 is 33.5 Å². The number of hydrogen-bond donors (Lipinski definition) is 0. The van der Waals surface area contributed by atoms with Crippen molar-refractivity contribution in [1.29, 1.82) is 0 Å². The number of pyridine rings is 1. The highest BCUT2D eigenvalue weighted by atomic mass is 35.5. The second-order valence-corrected chi connectivity index (χ2v) is 8.10. The summed E-state index contributed by atoms with van der Waals surface area (Å²) in [6.07, 6.45) is 4.14. The normalized spacial score (nSPS) is 19.5. The highest BCUT2D eigenvalue weighted by molar-refractivity contribution is 6.34. The van der Waals surface area contributed by atoms with Gasteiger partial charge in [0.1, 0.15) is 5.58 Å². The van der Waals surface area contributed by atoms with Crippen LogP contribution in [0.2, 0.25) is 5.15 Å². The zero-order valence-corrected chi connectivity index (χ0v) is 14.2. The van der Waals surface area contributed by atoms with Gasteiger partial charge < -0.3 is 4.42 Å². The molecule has 3 heteroatoms. The molecule has 114 valence electrons. The van der Waals surface area contributed by atoms with E-state index in [9.17, 15) is 0 Å². The van der Waals surface area contributed by atoms with Gasteiger partial charge in [-0.2, -0.15) is 0 Å². The molecule has 0 N–H and O–H groups in total. The van der Waals surface area contributed by atoms with Gasteiger partial charge >= 0.3 is 0 Å². The number of nitrogens with zero attached hydrogens (tertiary/aromatic N) is 1. The number of fused-ring (bicyclic) bond motifs is 4. The first-order valence-corrected chi connectivity index (χ1v) is 8.19. The van der Waals surface area contributed by atoms with E-state index in [1.165, 1.54) is 24.0 Å².